The molecule has 1 aliphatic rings. The highest BCUT2D eigenvalue weighted by molar-refractivity contribution is 5.42. The van der Waals surface area contributed by atoms with Gasteiger partial charge in [0.15, 0.2) is 0 Å². The van der Waals surface area contributed by atoms with E-state index in [0.29, 0.717) is 11.5 Å². The Hall–Kier alpha value is -1.49. The number of nitrogens with zero attached hydrogens (tertiary/aromatic N) is 1. The third-order valence-corrected chi connectivity index (χ3v) is 2.71. The van der Waals surface area contributed by atoms with Crippen LogP contribution in [0.15, 0.2) is 24.3 Å². The van der Waals surface area contributed by atoms with Gasteiger partial charge in [-0.1, -0.05) is 18.6 Å². The van der Waals surface area contributed by atoms with Crippen molar-refractivity contribution in [1.82, 2.24) is 0 Å². The van der Waals surface area contributed by atoms with Crippen molar-refractivity contribution < 1.29 is 4.74 Å². The lowest BCUT2D eigenvalue weighted by Crippen LogP contribution is -2.19. The van der Waals surface area contributed by atoms with E-state index in [1.807, 2.05) is 18.2 Å². The van der Waals surface area contributed by atoms with Crippen LogP contribution in [0.1, 0.15) is 24.8 Å². The molecule has 1 saturated carbocycles. The second-order valence-electron chi connectivity index (χ2n) is 3.72. The molecule has 0 radical (unpaired) electrons. The second kappa shape index (κ2) is 4.15. The molecule has 0 saturated heterocycles. The van der Waals surface area contributed by atoms with Gasteiger partial charge in [-0.25, -0.2) is 0 Å². The topological polar surface area (TPSA) is 33.0 Å². The number of hydrogen-bond acceptors (Lipinski definition) is 2. The monoisotopic (exact) mass is 187 g/mol. The van der Waals surface area contributed by atoms with E-state index in [0.717, 1.165) is 12.4 Å². The molecule has 0 heterocycles. The minimum Gasteiger partial charge on any atom is -0.492 e. The number of ether oxygens (including phenoxy) is 1. The summed E-state index contributed by atoms with van der Waals surface area (Å²) in [6, 6.07) is 9.53. The molecule has 2 heteroatoms. The van der Waals surface area contributed by atoms with Crippen LogP contribution >= 0.6 is 0 Å². The van der Waals surface area contributed by atoms with Gasteiger partial charge in [0.1, 0.15) is 11.8 Å². The summed E-state index contributed by atoms with van der Waals surface area (Å²) in [5.41, 5.74) is 0.631. The fourth-order valence-electron chi connectivity index (χ4n) is 1.55. The van der Waals surface area contributed by atoms with Crippen LogP contribution in [0, 0.1) is 17.2 Å². The van der Waals surface area contributed by atoms with Gasteiger partial charge in [-0.15, -0.1) is 0 Å². The number of benzene rings is 1. The molecule has 0 amide bonds. The summed E-state index contributed by atoms with van der Waals surface area (Å²) in [5, 5.41) is 8.82. The Morgan fingerprint density at radius 2 is 2.14 bits per heavy atom. The summed E-state index contributed by atoms with van der Waals surface area (Å²) < 4.78 is 5.61. The molecular formula is C12H13NO. The van der Waals surface area contributed by atoms with Gasteiger partial charge < -0.3 is 4.74 Å². The van der Waals surface area contributed by atoms with E-state index in [4.69, 9.17) is 10.00 Å². The molecule has 0 bridgehead atoms. The first-order valence-electron chi connectivity index (χ1n) is 5.02. The predicted molar refractivity (Wildman–Crippen MR) is 54.0 cm³/mol. The number of hydrogen-bond donors (Lipinski definition) is 0. The lowest BCUT2D eigenvalue weighted by atomic mass is 9.86. The van der Waals surface area contributed by atoms with Gasteiger partial charge in [0.2, 0.25) is 0 Å². The summed E-state index contributed by atoms with van der Waals surface area (Å²) in [7, 11) is 0. The highest BCUT2D eigenvalue weighted by Crippen LogP contribution is 2.27. The average Bonchev–Trinajstić information content (AvgIpc) is 2.16. The fourth-order valence-corrected chi connectivity index (χ4v) is 1.55. The molecule has 0 unspecified atom stereocenters. The molecule has 0 aromatic heterocycles. The minimum absolute atomic E-state index is 0.631. The van der Waals surface area contributed by atoms with Crippen LogP contribution in [0.3, 0.4) is 0 Å². The number of rotatable bonds is 3. The van der Waals surface area contributed by atoms with Gasteiger partial charge in [-0.3, -0.25) is 0 Å². The van der Waals surface area contributed by atoms with Crippen LogP contribution in [0.2, 0.25) is 0 Å². The van der Waals surface area contributed by atoms with Crippen LogP contribution in [-0.2, 0) is 0 Å². The Labute approximate surface area is 84.1 Å². The molecule has 2 rings (SSSR count). The Bertz CT molecular complexity index is 350. The molecule has 1 aromatic carbocycles. The molecule has 2 nitrogen and oxygen atoms in total. The third-order valence-electron chi connectivity index (χ3n) is 2.71. The Kier molecular flexibility index (Phi) is 2.69. The highest BCUT2D eigenvalue weighted by Gasteiger charge is 2.18. The summed E-state index contributed by atoms with van der Waals surface area (Å²) >= 11 is 0. The van der Waals surface area contributed by atoms with E-state index in [1.54, 1.807) is 6.07 Å². The molecule has 1 fully saturated rings. The molecule has 72 valence electrons. The Morgan fingerprint density at radius 1 is 1.36 bits per heavy atom. The van der Waals surface area contributed by atoms with Crippen molar-refractivity contribution in [2.24, 2.45) is 5.92 Å². The summed E-state index contributed by atoms with van der Waals surface area (Å²) in [6.07, 6.45) is 3.87. The van der Waals surface area contributed by atoms with E-state index in [2.05, 4.69) is 6.07 Å². The second-order valence-corrected chi connectivity index (χ2v) is 3.72. The van der Waals surface area contributed by atoms with E-state index >= 15 is 0 Å². The van der Waals surface area contributed by atoms with Crippen molar-refractivity contribution in [1.29, 1.82) is 5.26 Å². The van der Waals surface area contributed by atoms with Crippen LogP contribution in [0.4, 0.5) is 0 Å². The van der Waals surface area contributed by atoms with E-state index in [1.165, 1.54) is 19.3 Å². The van der Waals surface area contributed by atoms with Gasteiger partial charge in [0.05, 0.1) is 12.2 Å². The normalized spacial score (nSPS) is 15.6. The molecular weight excluding hydrogens is 174 g/mol. The van der Waals surface area contributed by atoms with Crippen molar-refractivity contribution >= 4 is 0 Å². The quantitative estimate of drug-likeness (QED) is 0.728. The number of para-hydroxylation sites is 1. The van der Waals surface area contributed by atoms with Gasteiger partial charge in [-0.05, 0) is 30.9 Å². The molecule has 0 N–H and O–H groups in total. The molecule has 1 aliphatic carbocycles. The van der Waals surface area contributed by atoms with E-state index in [-0.39, 0.29) is 0 Å². The van der Waals surface area contributed by atoms with Crippen molar-refractivity contribution in [2.75, 3.05) is 6.61 Å². The van der Waals surface area contributed by atoms with E-state index in [9.17, 15) is 0 Å². The predicted octanol–water partition coefficient (Wildman–Crippen LogP) is 2.74. The maximum atomic E-state index is 8.82. The number of nitriles is 1. The van der Waals surface area contributed by atoms with Crippen LogP contribution < -0.4 is 4.74 Å². The van der Waals surface area contributed by atoms with Crippen molar-refractivity contribution in [3.05, 3.63) is 29.8 Å². The zero-order valence-electron chi connectivity index (χ0n) is 8.07. The van der Waals surface area contributed by atoms with E-state index < -0.39 is 0 Å². The average molecular weight is 187 g/mol. The highest BCUT2D eigenvalue weighted by atomic mass is 16.5. The molecule has 14 heavy (non-hydrogen) atoms. The Morgan fingerprint density at radius 3 is 2.79 bits per heavy atom. The van der Waals surface area contributed by atoms with Gasteiger partial charge >= 0.3 is 0 Å². The lowest BCUT2D eigenvalue weighted by molar-refractivity contribution is 0.180. The zero-order valence-corrected chi connectivity index (χ0v) is 8.07. The van der Waals surface area contributed by atoms with Crippen LogP contribution in [-0.4, -0.2) is 6.61 Å². The van der Waals surface area contributed by atoms with Crippen LogP contribution in [0.25, 0.3) is 0 Å². The first-order valence-corrected chi connectivity index (χ1v) is 5.02. The standard InChI is InChI=1S/C12H13NO/c13-8-11-6-1-2-7-12(11)14-9-10-4-3-5-10/h1-2,6-7,10H,3-5,9H2. The van der Waals surface area contributed by atoms with Crippen molar-refractivity contribution in [2.45, 2.75) is 19.3 Å². The maximum Gasteiger partial charge on any atom is 0.137 e. The lowest BCUT2D eigenvalue weighted by Gasteiger charge is -2.25. The minimum atomic E-state index is 0.631. The summed E-state index contributed by atoms with van der Waals surface area (Å²) in [6.45, 7) is 0.763. The zero-order chi connectivity index (χ0) is 9.80. The Balaban J connectivity index is 1.97. The first-order chi connectivity index (χ1) is 6.90. The summed E-state index contributed by atoms with van der Waals surface area (Å²) in [4.78, 5) is 0. The van der Waals surface area contributed by atoms with Crippen LogP contribution in [0.5, 0.6) is 5.75 Å². The fraction of sp³-hybridized carbons (Fsp3) is 0.417. The van der Waals surface area contributed by atoms with Gasteiger partial charge in [0, 0.05) is 0 Å². The molecule has 1 aromatic rings. The van der Waals surface area contributed by atoms with Gasteiger partial charge in [-0.2, -0.15) is 5.26 Å². The molecule has 0 atom stereocenters. The maximum absolute atomic E-state index is 8.82. The van der Waals surface area contributed by atoms with Crippen molar-refractivity contribution in [3.8, 4) is 11.8 Å². The third kappa shape index (κ3) is 1.88. The summed E-state index contributed by atoms with van der Waals surface area (Å²) in [5.74, 6) is 1.43. The van der Waals surface area contributed by atoms with Gasteiger partial charge in [0.25, 0.3) is 0 Å². The van der Waals surface area contributed by atoms with Crippen molar-refractivity contribution in [3.63, 3.8) is 0 Å². The largest absolute Gasteiger partial charge is 0.492 e. The first kappa shape index (κ1) is 9.08. The molecule has 0 spiro atoms. The smallest absolute Gasteiger partial charge is 0.137 e. The SMILES string of the molecule is N#Cc1ccccc1OCC1CCC1. The molecule has 0 aliphatic heterocycles.